The zero-order valence-corrected chi connectivity index (χ0v) is 12.9. The number of nitrogens with one attached hydrogen (secondary N) is 1. The molecule has 1 aromatic carbocycles. The Labute approximate surface area is 117 Å². The lowest BCUT2D eigenvalue weighted by molar-refractivity contribution is 0.581. The first-order chi connectivity index (χ1) is 8.10. The summed E-state index contributed by atoms with van der Waals surface area (Å²) in [6.07, 6.45) is 2.91. The highest BCUT2D eigenvalue weighted by atomic mass is 127. The van der Waals surface area contributed by atoms with Crippen LogP contribution in [0.25, 0.3) is 0 Å². The maximum absolute atomic E-state index is 11.9. The molecule has 1 rings (SSSR count). The highest BCUT2D eigenvalue weighted by Crippen LogP contribution is 2.11. The second kappa shape index (κ2) is 7.33. The second-order valence-electron chi connectivity index (χ2n) is 3.83. The van der Waals surface area contributed by atoms with E-state index in [9.17, 15) is 8.42 Å². The first kappa shape index (κ1) is 14.9. The normalized spacial score (nSPS) is 11.6. The van der Waals surface area contributed by atoms with Gasteiger partial charge >= 0.3 is 0 Å². The average Bonchev–Trinajstić information content (AvgIpc) is 2.30. The Morgan fingerprint density at radius 2 is 1.88 bits per heavy atom. The molecular weight excluding hydrogens is 349 g/mol. The van der Waals surface area contributed by atoms with E-state index in [-0.39, 0.29) is 0 Å². The van der Waals surface area contributed by atoms with Crippen LogP contribution in [0.5, 0.6) is 0 Å². The summed E-state index contributed by atoms with van der Waals surface area (Å²) < 4.78 is 27.3. The highest BCUT2D eigenvalue weighted by Gasteiger charge is 2.12. The number of aryl methyl sites for hydroxylation is 1. The molecule has 17 heavy (non-hydrogen) atoms. The number of benzene rings is 1. The lowest BCUT2D eigenvalue weighted by Crippen LogP contribution is -2.24. The predicted octanol–water partition coefficient (Wildman–Crippen LogP) is 2.74. The highest BCUT2D eigenvalue weighted by molar-refractivity contribution is 14.1. The third-order valence-electron chi connectivity index (χ3n) is 2.37. The van der Waals surface area contributed by atoms with Crippen molar-refractivity contribution in [1.82, 2.24) is 4.72 Å². The van der Waals surface area contributed by atoms with Crippen LogP contribution < -0.4 is 4.72 Å². The molecule has 1 N–H and O–H groups in total. The molecule has 0 heterocycles. The van der Waals surface area contributed by atoms with Crippen molar-refractivity contribution < 1.29 is 8.42 Å². The van der Waals surface area contributed by atoms with Crippen LogP contribution in [0.3, 0.4) is 0 Å². The van der Waals surface area contributed by atoms with Gasteiger partial charge in [0.2, 0.25) is 10.0 Å². The summed E-state index contributed by atoms with van der Waals surface area (Å²) in [7, 11) is -3.32. The van der Waals surface area contributed by atoms with Crippen LogP contribution in [-0.4, -0.2) is 19.4 Å². The maximum Gasteiger partial charge on any atom is 0.240 e. The number of rotatable bonds is 7. The van der Waals surface area contributed by atoms with E-state index in [0.29, 0.717) is 11.4 Å². The molecule has 0 aliphatic heterocycles. The molecule has 0 saturated heterocycles. The Morgan fingerprint density at radius 3 is 2.41 bits per heavy atom. The number of alkyl halides is 1. The fraction of sp³-hybridized carbons (Fsp3) is 0.500. The Morgan fingerprint density at radius 1 is 1.24 bits per heavy atom. The number of sulfonamides is 1. The van der Waals surface area contributed by atoms with Crippen molar-refractivity contribution in [1.29, 1.82) is 0 Å². The molecular formula is C12H18INO2S. The van der Waals surface area contributed by atoms with Gasteiger partial charge in [-0.1, -0.05) is 48.1 Å². The molecule has 1 aromatic rings. The van der Waals surface area contributed by atoms with E-state index >= 15 is 0 Å². The number of hydrogen-bond donors (Lipinski definition) is 1. The van der Waals surface area contributed by atoms with Crippen molar-refractivity contribution >= 4 is 32.6 Å². The maximum atomic E-state index is 11.9. The minimum Gasteiger partial charge on any atom is -0.211 e. The first-order valence-electron chi connectivity index (χ1n) is 5.74. The van der Waals surface area contributed by atoms with E-state index in [1.165, 1.54) is 5.56 Å². The van der Waals surface area contributed by atoms with Crippen LogP contribution in [0.2, 0.25) is 0 Å². The third kappa shape index (κ3) is 4.93. The van der Waals surface area contributed by atoms with Gasteiger partial charge in [0.25, 0.3) is 0 Å². The van der Waals surface area contributed by atoms with Gasteiger partial charge in [-0.25, -0.2) is 13.1 Å². The van der Waals surface area contributed by atoms with Crippen LogP contribution in [0.15, 0.2) is 29.2 Å². The predicted molar refractivity (Wildman–Crippen MR) is 79.1 cm³/mol. The van der Waals surface area contributed by atoms with Crippen molar-refractivity contribution in [2.24, 2.45) is 0 Å². The van der Waals surface area contributed by atoms with Gasteiger partial charge in [0.1, 0.15) is 0 Å². The summed E-state index contributed by atoms with van der Waals surface area (Å²) in [4.78, 5) is 0.353. The smallest absolute Gasteiger partial charge is 0.211 e. The number of halogens is 1. The first-order valence-corrected chi connectivity index (χ1v) is 8.75. The Bertz CT molecular complexity index is 428. The fourth-order valence-electron chi connectivity index (χ4n) is 1.48. The van der Waals surface area contributed by atoms with E-state index in [1.54, 1.807) is 12.1 Å². The molecule has 0 unspecified atom stereocenters. The number of hydrogen-bond acceptors (Lipinski definition) is 2. The van der Waals surface area contributed by atoms with Crippen molar-refractivity contribution in [2.75, 3.05) is 11.0 Å². The van der Waals surface area contributed by atoms with Crippen LogP contribution >= 0.6 is 22.6 Å². The van der Waals surface area contributed by atoms with E-state index in [4.69, 9.17) is 0 Å². The molecule has 0 atom stereocenters. The summed E-state index contributed by atoms with van der Waals surface area (Å²) in [6, 6.07) is 7.13. The summed E-state index contributed by atoms with van der Waals surface area (Å²) in [5, 5.41) is 0. The van der Waals surface area contributed by atoms with Gasteiger partial charge in [0.05, 0.1) is 4.90 Å². The van der Waals surface area contributed by atoms with E-state index < -0.39 is 10.0 Å². The Kier molecular flexibility index (Phi) is 6.43. The van der Waals surface area contributed by atoms with Crippen molar-refractivity contribution in [2.45, 2.75) is 31.1 Å². The Balaban J connectivity index is 2.71. The summed E-state index contributed by atoms with van der Waals surface area (Å²) in [5.41, 5.74) is 1.18. The van der Waals surface area contributed by atoms with Crippen LogP contribution in [-0.2, 0) is 16.4 Å². The molecule has 0 aliphatic rings. The second-order valence-corrected chi connectivity index (χ2v) is 6.68. The molecule has 3 nitrogen and oxygen atoms in total. The largest absolute Gasteiger partial charge is 0.240 e. The Hall–Kier alpha value is -0.140. The van der Waals surface area contributed by atoms with E-state index in [2.05, 4.69) is 34.2 Å². The summed E-state index contributed by atoms with van der Waals surface area (Å²) in [5.74, 6) is 0. The van der Waals surface area contributed by atoms with Gasteiger partial charge < -0.3 is 0 Å². The van der Waals surface area contributed by atoms with Gasteiger partial charge in [-0.05, 0) is 30.5 Å². The lowest BCUT2D eigenvalue weighted by atomic mass is 10.1. The molecule has 0 bridgehead atoms. The monoisotopic (exact) mass is 367 g/mol. The third-order valence-corrected chi connectivity index (χ3v) is 4.61. The topological polar surface area (TPSA) is 46.2 Å². The molecule has 0 saturated carbocycles. The molecule has 0 aromatic heterocycles. The summed E-state index contributed by atoms with van der Waals surface area (Å²) in [6.45, 7) is 2.61. The van der Waals surface area contributed by atoms with Crippen LogP contribution in [0.4, 0.5) is 0 Å². The van der Waals surface area contributed by atoms with Crippen molar-refractivity contribution in [3.8, 4) is 0 Å². The molecule has 0 aliphatic carbocycles. The van der Waals surface area contributed by atoms with Crippen molar-refractivity contribution in [3.05, 3.63) is 29.8 Å². The van der Waals surface area contributed by atoms with Crippen LogP contribution in [0, 0.1) is 0 Å². The van der Waals surface area contributed by atoms with Gasteiger partial charge in [-0.15, -0.1) is 0 Å². The molecule has 96 valence electrons. The lowest BCUT2D eigenvalue weighted by Gasteiger charge is -2.06. The summed E-state index contributed by atoms with van der Waals surface area (Å²) >= 11 is 2.23. The van der Waals surface area contributed by atoms with Crippen molar-refractivity contribution in [3.63, 3.8) is 0 Å². The SMILES string of the molecule is CCCc1ccc(S(=O)(=O)NCCCI)cc1. The molecule has 5 heteroatoms. The quantitative estimate of drug-likeness (QED) is 0.458. The zero-order chi connectivity index (χ0) is 12.7. The fourth-order valence-corrected chi connectivity index (χ4v) is 2.94. The minimum absolute atomic E-state index is 0.353. The van der Waals surface area contributed by atoms with Gasteiger partial charge in [0.15, 0.2) is 0 Å². The average molecular weight is 367 g/mol. The van der Waals surface area contributed by atoms with Gasteiger partial charge in [0, 0.05) is 11.0 Å². The molecule has 0 fully saturated rings. The van der Waals surface area contributed by atoms with Crippen LogP contribution in [0.1, 0.15) is 25.3 Å². The molecule has 0 amide bonds. The van der Waals surface area contributed by atoms with Gasteiger partial charge in [-0.3, -0.25) is 0 Å². The molecule has 0 spiro atoms. The van der Waals surface area contributed by atoms with E-state index in [0.717, 1.165) is 23.7 Å². The standard InChI is InChI=1S/C12H18INO2S/c1-2-4-11-5-7-12(8-6-11)17(15,16)14-10-3-9-13/h5-8,14H,2-4,9-10H2,1H3. The van der Waals surface area contributed by atoms with E-state index in [1.807, 2.05) is 12.1 Å². The zero-order valence-electron chi connectivity index (χ0n) is 9.95. The molecule has 0 radical (unpaired) electrons. The van der Waals surface area contributed by atoms with Gasteiger partial charge in [-0.2, -0.15) is 0 Å². The minimum atomic E-state index is -3.32.